The molecule has 0 saturated carbocycles. The number of anilines is 1. The molecule has 2 aromatic carbocycles. The van der Waals surface area contributed by atoms with Gasteiger partial charge in [0.1, 0.15) is 5.75 Å². The zero-order valence-electron chi connectivity index (χ0n) is 12.5. The minimum atomic E-state index is -0.0218. The van der Waals surface area contributed by atoms with Gasteiger partial charge in [-0.3, -0.25) is 4.79 Å². The van der Waals surface area contributed by atoms with Crippen LogP contribution in [0.2, 0.25) is 0 Å². The Bertz CT molecular complexity index is 640. The van der Waals surface area contributed by atoms with Crippen LogP contribution in [-0.2, 0) is 4.79 Å². The van der Waals surface area contributed by atoms with Crippen molar-refractivity contribution >= 4 is 23.4 Å². The number of rotatable bonds is 5. The molecule has 110 valence electrons. The first-order valence-electron chi connectivity index (χ1n) is 6.72. The summed E-state index contributed by atoms with van der Waals surface area (Å²) in [6, 6.07) is 13.6. The van der Waals surface area contributed by atoms with Gasteiger partial charge in [0.15, 0.2) is 0 Å². The fraction of sp³-hybridized carbons (Fsp3) is 0.235. The highest BCUT2D eigenvalue weighted by Gasteiger charge is 2.05. The lowest BCUT2D eigenvalue weighted by Gasteiger charge is -2.08. The van der Waals surface area contributed by atoms with E-state index in [2.05, 4.69) is 31.3 Å². The number of hydrogen-bond acceptors (Lipinski definition) is 3. The van der Waals surface area contributed by atoms with E-state index >= 15 is 0 Å². The molecule has 21 heavy (non-hydrogen) atoms. The van der Waals surface area contributed by atoms with Crippen LogP contribution in [0.1, 0.15) is 11.1 Å². The maximum absolute atomic E-state index is 12.0. The van der Waals surface area contributed by atoms with Crippen molar-refractivity contribution in [3.8, 4) is 5.75 Å². The highest BCUT2D eigenvalue weighted by Crippen LogP contribution is 2.22. The summed E-state index contributed by atoms with van der Waals surface area (Å²) >= 11 is 1.54. The van der Waals surface area contributed by atoms with E-state index in [4.69, 9.17) is 4.74 Å². The molecule has 0 unspecified atom stereocenters. The van der Waals surface area contributed by atoms with Crippen LogP contribution in [0.3, 0.4) is 0 Å². The molecular formula is C17H19NO2S. The Morgan fingerprint density at radius 2 is 1.95 bits per heavy atom. The van der Waals surface area contributed by atoms with Crippen molar-refractivity contribution in [2.24, 2.45) is 0 Å². The SMILES string of the molecule is COc1cccc(NC(=O)CSc2ccc(C)c(C)c2)c1. The van der Waals surface area contributed by atoms with Gasteiger partial charge in [0.25, 0.3) is 0 Å². The summed E-state index contributed by atoms with van der Waals surface area (Å²) in [5.74, 6) is 1.10. The quantitative estimate of drug-likeness (QED) is 0.847. The molecule has 0 aliphatic heterocycles. The minimum absolute atomic E-state index is 0.0218. The van der Waals surface area contributed by atoms with Crippen LogP contribution >= 0.6 is 11.8 Å². The molecule has 0 radical (unpaired) electrons. The Kier molecular flexibility index (Phi) is 5.28. The number of methoxy groups -OCH3 is 1. The third-order valence-corrected chi connectivity index (χ3v) is 4.20. The molecule has 1 N–H and O–H groups in total. The Morgan fingerprint density at radius 3 is 2.67 bits per heavy atom. The molecule has 0 heterocycles. The molecule has 0 spiro atoms. The van der Waals surface area contributed by atoms with Gasteiger partial charge >= 0.3 is 0 Å². The van der Waals surface area contributed by atoms with E-state index in [1.807, 2.05) is 24.3 Å². The van der Waals surface area contributed by atoms with Crippen molar-refractivity contribution in [2.75, 3.05) is 18.2 Å². The molecule has 2 rings (SSSR count). The summed E-state index contributed by atoms with van der Waals surface area (Å²) < 4.78 is 5.13. The molecule has 2 aromatic rings. The Morgan fingerprint density at radius 1 is 1.14 bits per heavy atom. The van der Waals surface area contributed by atoms with E-state index in [1.165, 1.54) is 22.9 Å². The standard InChI is InChI=1S/C17H19NO2S/c1-12-7-8-16(9-13(12)2)21-11-17(19)18-14-5-4-6-15(10-14)20-3/h4-10H,11H2,1-3H3,(H,18,19). The second-order valence-electron chi connectivity index (χ2n) is 4.81. The van der Waals surface area contributed by atoms with E-state index in [1.54, 1.807) is 13.2 Å². The molecule has 0 aromatic heterocycles. The van der Waals surface area contributed by atoms with Crippen molar-refractivity contribution < 1.29 is 9.53 Å². The van der Waals surface area contributed by atoms with Crippen LogP contribution in [0.15, 0.2) is 47.4 Å². The second kappa shape index (κ2) is 7.18. The predicted molar refractivity (Wildman–Crippen MR) is 88.3 cm³/mol. The van der Waals surface area contributed by atoms with E-state index in [0.717, 1.165) is 16.3 Å². The second-order valence-corrected chi connectivity index (χ2v) is 5.86. The largest absolute Gasteiger partial charge is 0.497 e. The van der Waals surface area contributed by atoms with Gasteiger partial charge in [-0.1, -0.05) is 12.1 Å². The summed E-state index contributed by atoms with van der Waals surface area (Å²) in [6.45, 7) is 4.16. The number of carbonyl (C=O) groups excluding carboxylic acids is 1. The zero-order valence-corrected chi connectivity index (χ0v) is 13.3. The van der Waals surface area contributed by atoms with Gasteiger partial charge in [-0.2, -0.15) is 0 Å². The normalized spacial score (nSPS) is 10.2. The smallest absolute Gasteiger partial charge is 0.234 e. The first-order valence-corrected chi connectivity index (χ1v) is 7.71. The van der Waals surface area contributed by atoms with Crippen LogP contribution in [0.5, 0.6) is 5.75 Å². The highest BCUT2D eigenvalue weighted by atomic mass is 32.2. The van der Waals surface area contributed by atoms with Gasteiger partial charge in [0.2, 0.25) is 5.91 Å². The van der Waals surface area contributed by atoms with Gasteiger partial charge in [0, 0.05) is 16.6 Å². The van der Waals surface area contributed by atoms with Crippen LogP contribution in [0.25, 0.3) is 0 Å². The molecule has 0 atom stereocenters. The Balaban J connectivity index is 1.90. The van der Waals surface area contributed by atoms with Gasteiger partial charge in [-0.15, -0.1) is 11.8 Å². The molecule has 3 nitrogen and oxygen atoms in total. The summed E-state index contributed by atoms with van der Waals surface area (Å²) in [5, 5.41) is 2.87. The third kappa shape index (κ3) is 4.53. The number of carbonyl (C=O) groups is 1. The first kappa shape index (κ1) is 15.4. The van der Waals surface area contributed by atoms with Crippen LogP contribution < -0.4 is 10.1 Å². The number of hydrogen-bond donors (Lipinski definition) is 1. The number of aryl methyl sites for hydroxylation is 2. The third-order valence-electron chi connectivity index (χ3n) is 3.20. The molecule has 4 heteroatoms. The summed E-state index contributed by atoms with van der Waals surface area (Å²) in [4.78, 5) is 13.1. The van der Waals surface area contributed by atoms with Crippen molar-refractivity contribution in [3.63, 3.8) is 0 Å². The van der Waals surface area contributed by atoms with Crippen molar-refractivity contribution in [1.29, 1.82) is 0 Å². The fourth-order valence-corrected chi connectivity index (χ4v) is 2.64. The van der Waals surface area contributed by atoms with E-state index in [-0.39, 0.29) is 5.91 Å². The Labute approximate surface area is 129 Å². The van der Waals surface area contributed by atoms with E-state index < -0.39 is 0 Å². The lowest BCUT2D eigenvalue weighted by Crippen LogP contribution is -2.13. The van der Waals surface area contributed by atoms with Crippen molar-refractivity contribution in [1.82, 2.24) is 0 Å². The number of amides is 1. The average Bonchev–Trinajstić information content (AvgIpc) is 2.48. The molecule has 0 bridgehead atoms. The molecule has 1 amide bonds. The van der Waals surface area contributed by atoms with Crippen LogP contribution in [0, 0.1) is 13.8 Å². The van der Waals surface area contributed by atoms with Gasteiger partial charge in [-0.05, 0) is 49.2 Å². The number of nitrogens with one attached hydrogen (secondary N) is 1. The maximum Gasteiger partial charge on any atom is 0.234 e. The molecular weight excluding hydrogens is 282 g/mol. The van der Waals surface area contributed by atoms with E-state index in [0.29, 0.717) is 5.75 Å². The molecule has 0 saturated heterocycles. The maximum atomic E-state index is 12.0. The van der Waals surface area contributed by atoms with Gasteiger partial charge in [0.05, 0.1) is 12.9 Å². The summed E-state index contributed by atoms with van der Waals surface area (Å²) in [5.41, 5.74) is 3.26. The summed E-state index contributed by atoms with van der Waals surface area (Å²) in [6.07, 6.45) is 0. The fourth-order valence-electron chi connectivity index (χ4n) is 1.85. The monoisotopic (exact) mass is 301 g/mol. The highest BCUT2D eigenvalue weighted by molar-refractivity contribution is 8.00. The predicted octanol–water partition coefficient (Wildman–Crippen LogP) is 4.04. The minimum Gasteiger partial charge on any atom is -0.497 e. The summed E-state index contributed by atoms with van der Waals surface area (Å²) in [7, 11) is 1.61. The average molecular weight is 301 g/mol. The van der Waals surface area contributed by atoms with Crippen LogP contribution in [-0.4, -0.2) is 18.8 Å². The molecule has 0 aliphatic rings. The number of ether oxygens (including phenoxy) is 1. The Hall–Kier alpha value is -1.94. The number of benzene rings is 2. The van der Waals surface area contributed by atoms with Gasteiger partial charge in [-0.25, -0.2) is 0 Å². The van der Waals surface area contributed by atoms with Gasteiger partial charge < -0.3 is 10.1 Å². The van der Waals surface area contributed by atoms with Crippen molar-refractivity contribution in [3.05, 3.63) is 53.6 Å². The lowest BCUT2D eigenvalue weighted by molar-refractivity contribution is -0.113. The topological polar surface area (TPSA) is 38.3 Å². The first-order chi connectivity index (χ1) is 10.1. The molecule has 0 aliphatic carbocycles. The van der Waals surface area contributed by atoms with E-state index in [9.17, 15) is 4.79 Å². The van der Waals surface area contributed by atoms with Crippen LogP contribution in [0.4, 0.5) is 5.69 Å². The lowest BCUT2D eigenvalue weighted by atomic mass is 10.1. The van der Waals surface area contributed by atoms with Crippen molar-refractivity contribution in [2.45, 2.75) is 18.7 Å². The number of thioether (sulfide) groups is 1. The zero-order chi connectivity index (χ0) is 15.2. The molecule has 0 fully saturated rings.